The maximum absolute atomic E-state index is 12.8. The monoisotopic (exact) mass is 397 g/mol. The first-order valence-corrected chi connectivity index (χ1v) is 10.4. The summed E-state index contributed by atoms with van der Waals surface area (Å²) in [5.41, 5.74) is 2.14. The quantitative estimate of drug-likeness (QED) is 0.624. The first-order valence-electron chi connectivity index (χ1n) is 9.48. The smallest absolute Gasteiger partial charge is 0.264 e. The van der Waals surface area contributed by atoms with Gasteiger partial charge in [-0.3, -0.25) is 4.79 Å². The van der Waals surface area contributed by atoms with E-state index in [9.17, 15) is 4.79 Å². The second-order valence-electron chi connectivity index (χ2n) is 7.05. The van der Waals surface area contributed by atoms with Crippen molar-refractivity contribution >= 4 is 17.2 Å². The number of likely N-dealkylation sites (tertiary alicyclic amines) is 1. The lowest BCUT2D eigenvalue weighted by molar-refractivity contribution is 0.0708. The fraction of sp³-hybridized carbons (Fsp3) is 0.381. The number of amides is 1. The van der Waals surface area contributed by atoms with Crippen LogP contribution in [-0.2, 0) is 18.0 Å². The number of hydrogen-bond acceptors (Lipinski definition) is 6. The van der Waals surface area contributed by atoms with Gasteiger partial charge in [-0.2, -0.15) is 4.98 Å². The first kappa shape index (κ1) is 18.8. The van der Waals surface area contributed by atoms with Crippen molar-refractivity contribution in [2.75, 3.05) is 13.1 Å². The summed E-state index contributed by atoms with van der Waals surface area (Å²) in [6, 6.07) is 12.0. The van der Waals surface area contributed by atoms with Crippen molar-refractivity contribution < 1.29 is 14.1 Å². The maximum atomic E-state index is 12.8. The Morgan fingerprint density at radius 3 is 2.93 bits per heavy atom. The Labute approximate surface area is 168 Å². The van der Waals surface area contributed by atoms with Crippen LogP contribution in [0.15, 0.2) is 46.3 Å². The van der Waals surface area contributed by atoms with Crippen molar-refractivity contribution in [3.8, 4) is 0 Å². The van der Waals surface area contributed by atoms with E-state index in [1.165, 1.54) is 11.3 Å². The van der Waals surface area contributed by atoms with Gasteiger partial charge in [0.25, 0.3) is 11.8 Å². The predicted octanol–water partition coefficient (Wildman–Crippen LogP) is 4.18. The molecule has 1 aliphatic rings. The highest BCUT2D eigenvalue weighted by atomic mass is 32.1. The van der Waals surface area contributed by atoms with E-state index in [1.54, 1.807) is 0 Å². The van der Waals surface area contributed by atoms with Gasteiger partial charge in [0.05, 0.1) is 11.5 Å². The minimum absolute atomic E-state index is 0.101. The van der Waals surface area contributed by atoms with Gasteiger partial charge < -0.3 is 14.2 Å². The van der Waals surface area contributed by atoms with E-state index < -0.39 is 0 Å². The molecule has 3 aromatic rings. The number of carbonyl (C=O) groups is 1. The van der Waals surface area contributed by atoms with Crippen LogP contribution in [0.3, 0.4) is 0 Å². The molecule has 28 heavy (non-hydrogen) atoms. The topological polar surface area (TPSA) is 68.5 Å². The third-order valence-electron chi connectivity index (χ3n) is 4.95. The number of ether oxygens (including phenoxy) is 1. The highest BCUT2D eigenvalue weighted by molar-refractivity contribution is 7.12. The lowest BCUT2D eigenvalue weighted by atomic mass is 9.97. The summed E-state index contributed by atoms with van der Waals surface area (Å²) in [6.45, 7) is 4.17. The fourth-order valence-corrected chi connectivity index (χ4v) is 4.32. The molecule has 0 N–H and O–H groups in total. The summed E-state index contributed by atoms with van der Waals surface area (Å²) in [5.74, 6) is 1.35. The largest absolute Gasteiger partial charge is 0.367 e. The average molecular weight is 398 g/mol. The molecule has 7 heteroatoms. The molecule has 1 unspecified atom stereocenters. The summed E-state index contributed by atoms with van der Waals surface area (Å²) in [4.78, 5) is 20.0. The lowest BCUT2D eigenvalue weighted by Gasteiger charge is -2.31. The Morgan fingerprint density at radius 2 is 2.14 bits per heavy atom. The van der Waals surface area contributed by atoms with Crippen molar-refractivity contribution in [3.63, 3.8) is 0 Å². The summed E-state index contributed by atoms with van der Waals surface area (Å²) in [6.07, 6.45) is 1.90. The molecular formula is C21H23N3O3S. The van der Waals surface area contributed by atoms with E-state index in [1.807, 2.05) is 53.6 Å². The predicted molar refractivity (Wildman–Crippen MR) is 106 cm³/mol. The average Bonchev–Trinajstić information content (AvgIpc) is 3.37. The van der Waals surface area contributed by atoms with Crippen LogP contribution in [0.4, 0.5) is 0 Å². The number of aryl methyl sites for hydroxylation is 1. The molecule has 0 saturated carbocycles. The Balaban J connectivity index is 1.34. The Hall–Kier alpha value is -2.51. The molecule has 2 aromatic heterocycles. The molecule has 1 amide bonds. The van der Waals surface area contributed by atoms with Crippen molar-refractivity contribution in [1.29, 1.82) is 0 Å². The number of aromatic nitrogens is 2. The molecular weight excluding hydrogens is 374 g/mol. The van der Waals surface area contributed by atoms with Crippen molar-refractivity contribution in [2.24, 2.45) is 0 Å². The van der Waals surface area contributed by atoms with Crippen LogP contribution in [-0.4, -0.2) is 34.0 Å². The molecule has 1 aromatic carbocycles. The Kier molecular flexibility index (Phi) is 5.83. The zero-order valence-corrected chi connectivity index (χ0v) is 16.7. The van der Waals surface area contributed by atoms with Gasteiger partial charge >= 0.3 is 0 Å². The number of rotatable bonds is 6. The van der Waals surface area contributed by atoms with Crippen LogP contribution in [0.2, 0.25) is 0 Å². The molecule has 6 nitrogen and oxygen atoms in total. The zero-order chi connectivity index (χ0) is 19.3. The first-order chi connectivity index (χ1) is 13.7. The van der Waals surface area contributed by atoms with Gasteiger partial charge in [-0.05, 0) is 42.3 Å². The summed E-state index contributed by atoms with van der Waals surface area (Å²) >= 11 is 1.50. The minimum atomic E-state index is 0.101. The standard InChI is InChI=1S/C21H23N3O3S/c1-15-9-11-28-19(15)21(25)24-10-5-8-17(12-24)20-22-18(27-23-20)14-26-13-16-6-3-2-4-7-16/h2-4,6-7,9,11,17H,5,8,10,12-14H2,1H3. The van der Waals surface area contributed by atoms with Gasteiger partial charge in [0, 0.05) is 19.0 Å². The molecule has 1 saturated heterocycles. The Bertz CT molecular complexity index is 922. The van der Waals surface area contributed by atoms with E-state index in [-0.39, 0.29) is 18.4 Å². The van der Waals surface area contributed by atoms with Crippen LogP contribution >= 0.6 is 11.3 Å². The molecule has 0 radical (unpaired) electrons. The number of hydrogen-bond donors (Lipinski definition) is 0. The van der Waals surface area contributed by atoms with Crippen molar-refractivity contribution in [3.05, 3.63) is 69.5 Å². The third-order valence-corrected chi connectivity index (χ3v) is 5.96. The van der Waals surface area contributed by atoms with Gasteiger partial charge in [-0.25, -0.2) is 0 Å². The van der Waals surface area contributed by atoms with E-state index in [0.29, 0.717) is 24.9 Å². The van der Waals surface area contributed by atoms with Crippen LogP contribution in [0.1, 0.15) is 51.3 Å². The van der Waals surface area contributed by atoms with Crippen LogP contribution in [0, 0.1) is 6.92 Å². The minimum Gasteiger partial charge on any atom is -0.367 e. The number of thiophene rings is 1. The molecule has 1 fully saturated rings. The number of piperidine rings is 1. The maximum Gasteiger partial charge on any atom is 0.264 e. The van der Waals surface area contributed by atoms with Gasteiger partial charge in [0.2, 0.25) is 0 Å². The normalized spacial score (nSPS) is 17.0. The molecule has 3 heterocycles. The van der Waals surface area contributed by atoms with Crippen LogP contribution < -0.4 is 0 Å². The van der Waals surface area contributed by atoms with Gasteiger partial charge in [-0.15, -0.1) is 11.3 Å². The summed E-state index contributed by atoms with van der Waals surface area (Å²) < 4.78 is 11.0. The molecule has 0 spiro atoms. The second kappa shape index (κ2) is 8.67. The highest BCUT2D eigenvalue weighted by Crippen LogP contribution is 2.27. The fourth-order valence-electron chi connectivity index (χ4n) is 3.43. The van der Waals surface area contributed by atoms with Gasteiger partial charge in [0.15, 0.2) is 5.82 Å². The number of benzene rings is 1. The summed E-state index contributed by atoms with van der Waals surface area (Å²) in [7, 11) is 0. The lowest BCUT2D eigenvalue weighted by Crippen LogP contribution is -2.39. The van der Waals surface area contributed by atoms with E-state index in [0.717, 1.165) is 35.4 Å². The molecule has 0 aliphatic carbocycles. The third kappa shape index (κ3) is 4.31. The number of nitrogens with zero attached hydrogens (tertiary/aromatic N) is 3. The SMILES string of the molecule is Cc1ccsc1C(=O)N1CCCC(c2noc(COCc3ccccc3)n2)C1. The molecule has 146 valence electrons. The molecule has 1 atom stereocenters. The van der Waals surface area contributed by atoms with E-state index in [4.69, 9.17) is 9.26 Å². The highest BCUT2D eigenvalue weighted by Gasteiger charge is 2.29. The van der Waals surface area contributed by atoms with Gasteiger partial charge in [-0.1, -0.05) is 35.5 Å². The van der Waals surface area contributed by atoms with Crippen LogP contribution in [0.25, 0.3) is 0 Å². The Morgan fingerprint density at radius 1 is 1.29 bits per heavy atom. The van der Waals surface area contributed by atoms with Gasteiger partial charge in [0.1, 0.15) is 6.61 Å². The molecule has 1 aliphatic heterocycles. The number of carbonyl (C=O) groups excluding carboxylic acids is 1. The van der Waals surface area contributed by atoms with E-state index >= 15 is 0 Å². The van der Waals surface area contributed by atoms with Crippen molar-refractivity contribution in [1.82, 2.24) is 15.0 Å². The van der Waals surface area contributed by atoms with Crippen LogP contribution in [0.5, 0.6) is 0 Å². The molecule has 4 rings (SSSR count). The van der Waals surface area contributed by atoms with Crippen molar-refractivity contribution in [2.45, 2.75) is 38.9 Å². The zero-order valence-electron chi connectivity index (χ0n) is 15.8. The molecule has 0 bridgehead atoms. The second-order valence-corrected chi connectivity index (χ2v) is 7.96. The summed E-state index contributed by atoms with van der Waals surface area (Å²) in [5, 5.41) is 6.10. The van der Waals surface area contributed by atoms with E-state index in [2.05, 4.69) is 10.1 Å².